The number of fused-ring (bicyclic) bond motifs is 2. The lowest BCUT2D eigenvalue weighted by Crippen LogP contribution is -2.53. The van der Waals surface area contributed by atoms with Gasteiger partial charge >= 0.3 is 0 Å². The highest BCUT2D eigenvalue weighted by Crippen LogP contribution is 2.41. The minimum absolute atomic E-state index is 0.229. The number of nitrogens with two attached hydrogens (primary N) is 1. The van der Waals surface area contributed by atoms with Gasteiger partial charge in [-0.25, -0.2) is 0 Å². The van der Waals surface area contributed by atoms with Gasteiger partial charge in [-0.3, -0.25) is 4.90 Å². The first-order valence-electron chi connectivity index (χ1n) is 8.44. The van der Waals surface area contributed by atoms with Gasteiger partial charge in [0.25, 0.3) is 0 Å². The summed E-state index contributed by atoms with van der Waals surface area (Å²) < 4.78 is 0. The Kier molecular flexibility index (Phi) is 3.31. The quantitative estimate of drug-likeness (QED) is 0.848. The highest BCUT2D eigenvalue weighted by molar-refractivity contribution is 5.37. The average molecular weight is 270 g/mol. The van der Waals surface area contributed by atoms with Crippen LogP contribution in [-0.2, 0) is 6.42 Å². The van der Waals surface area contributed by atoms with Crippen molar-refractivity contribution in [3.63, 3.8) is 0 Å². The Labute approximate surface area is 122 Å². The molecule has 2 heteroatoms. The molecule has 0 bridgehead atoms. The molecule has 0 spiro atoms. The molecular formula is C18H26N2. The van der Waals surface area contributed by atoms with Gasteiger partial charge in [0.1, 0.15) is 0 Å². The fraction of sp³-hybridized carbons (Fsp3) is 0.667. The van der Waals surface area contributed by atoms with E-state index in [1.807, 2.05) is 0 Å². The lowest BCUT2D eigenvalue weighted by Gasteiger charge is -2.48. The predicted molar refractivity (Wildman–Crippen MR) is 82.5 cm³/mol. The molecule has 1 saturated heterocycles. The maximum atomic E-state index is 6.60. The summed E-state index contributed by atoms with van der Waals surface area (Å²) in [6.07, 6.45) is 9.73. The van der Waals surface area contributed by atoms with Crippen molar-refractivity contribution in [1.82, 2.24) is 4.90 Å². The smallest absolute Gasteiger partial charge is 0.0459 e. The van der Waals surface area contributed by atoms with Crippen LogP contribution in [0, 0.1) is 5.92 Å². The first-order valence-corrected chi connectivity index (χ1v) is 8.44. The Morgan fingerprint density at radius 1 is 0.950 bits per heavy atom. The van der Waals surface area contributed by atoms with Crippen molar-refractivity contribution in [2.75, 3.05) is 6.54 Å². The molecule has 4 atom stereocenters. The summed E-state index contributed by atoms with van der Waals surface area (Å²) in [4.78, 5) is 2.80. The maximum absolute atomic E-state index is 6.60. The molecule has 1 aromatic carbocycles. The van der Waals surface area contributed by atoms with Crippen molar-refractivity contribution in [3.8, 4) is 0 Å². The summed E-state index contributed by atoms with van der Waals surface area (Å²) in [7, 11) is 0. The predicted octanol–water partition coefficient (Wildman–Crippen LogP) is 3.27. The van der Waals surface area contributed by atoms with Crippen LogP contribution in [-0.4, -0.2) is 23.5 Å². The van der Waals surface area contributed by atoms with Gasteiger partial charge in [-0.05, 0) is 55.7 Å². The van der Waals surface area contributed by atoms with Crippen molar-refractivity contribution in [3.05, 3.63) is 35.4 Å². The minimum atomic E-state index is 0.229. The van der Waals surface area contributed by atoms with Gasteiger partial charge < -0.3 is 5.73 Å². The van der Waals surface area contributed by atoms with Crippen LogP contribution >= 0.6 is 0 Å². The lowest BCUT2D eigenvalue weighted by atomic mass is 9.77. The number of likely N-dealkylation sites (tertiary alicyclic amines) is 1. The third-order valence-electron chi connectivity index (χ3n) is 5.97. The van der Waals surface area contributed by atoms with Gasteiger partial charge in [-0.2, -0.15) is 0 Å². The number of hydrogen-bond donors (Lipinski definition) is 1. The van der Waals surface area contributed by atoms with E-state index in [0.29, 0.717) is 6.04 Å². The summed E-state index contributed by atoms with van der Waals surface area (Å²) in [6.45, 7) is 1.27. The van der Waals surface area contributed by atoms with E-state index in [9.17, 15) is 0 Å². The Morgan fingerprint density at radius 3 is 2.65 bits per heavy atom. The Hall–Kier alpha value is -0.860. The molecule has 1 saturated carbocycles. The molecule has 2 N–H and O–H groups in total. The third kappa shape index (κ3) is 2.01. The van der Waals surface area contributed by atoms with Gasteiger partial charge in [0.15, 0.2) is 0 Å². The fourth-order valence-electron chi connectivity index (χ4n) is 5.00. The fourth-order valence-corrected chi connectivity index (χ4v) is 5.00. The highest BCUT2D eigenvalue weighted by atomic mass is 15.2. The molecule has 20 heavy (non-hydrogen) atoms. The van der Waals surface area contributed by atoms with Crippen molar-refractivity contribution >= 4 is 0 Å². The van der Waals surface area contributed by atoms with E-state index in [0.717, 1.165) is 12.0 Å². The minimum Gasteiger partial charge on any atom is -0.323 e. The van der Waals surface area contributed by atoms with Crippen LogP contribution in [0.25, 0.3) is 0 Å². The van der Waals surface area contributed by atoms with Crippen LogP contribution in [0.3, 0.4) is 0 Å². The zero-order valence-corrected chi connectivity index (χ0v) is 12.3. The number of hydrogen-bond acceptors (Lipinski definition) is 2. The molecule has 0 amide bonds. The molecule has 2 fully saturated rings. The Balaban J connectivity index is 1.59. The molecule has 1 aliphatic heterocycles. The summed E-state index contributed by atoms with van der Waals surface area (Å²) in [5, 5.41) is 0. The van der Waals surface area contributed by atoms with E-state index < -0.39 is 0 Å². The molecule has 1 aromatic rings. The second-order valence-electron chi connectivity index (χ2n) is 6.99. The van der Waals surface area contributed by atoms with Gasteiger partial charge in [0.05, 0.1) is 0 Å². The summed E-state index contributed by atoms with van der Waals surface area (Å²) in [5.41, 5.74) is 9.49. The van der Waals surface area contributed by atoms with E-state index >= 15 is 0 Å². The summed E-state index contributed by atoms with van der Waals surface area (Å²) >= 11 is 0. The van der Waals surface area contributed by atoms with Crippen LogP contribution in [0.5, 0.6) is 0 Å². The van der Waals surface area contributed by atoms with Crippen LogP contribution < -0.4 is 5.73 Å². The lowest BCUT2D eigenvalue weighted by molar-refractivity contribution is 0.0207. The van der Waals surface area contributed by atoms with Gasteiger partial charge in [0.2, 0.25) is 0 Å². The summed E-state index contributed by atoms with van der Waals surface area (Å²) in [5.74, 6) is 0.952. The first-order chi connectivity index (χ1) is 9.84. The van der Waals surface area contributed by atoms with Gasteiger partial charge in [0, 0.05) is 18.1 Å². The molecule has 0 radical (unpaired) electrons. The zero-order valence-electron chi connectivity index (χ0n) is 12.3. The molecule has 2 aliphatic carbocycles. The Morgan fingerprint density at radius 2 is 1.75 bits per heavy atom. The molecule has 3 aliphatic rings. The summed E-state index contributed by atoms with van der Waals surface area (Å²) in [6, 6.07) is 10.4. The molecule has 0 aromatic heterocycles. The second-order valence-corrected chi connectivity index (χ2v) is 6.99. The van der Waals surface area contributed by atoms with Crippen molar-refractivity contribution in [1.29, 1.82) is 0 Å². The number of nitrogens with zero attached hydrogens (tertiary/aromatic N) is 1. The number of benzene rings is 1. The SMILES string of the molecule is NC1c2ccccc2CC1N1CCC[C@H]2CCCC[C@H]21. The number of piperidine rings is 1. The van der Waals surface area contributed by atoms with Crippen molar-refractivity contribution < 1.29 is 0 Å². The van der Waals surface area contributed by atoms with Crippen molar-refractivity contribution in [2.45, 2.75) is 63.1 Å². The molecule has 2 unspecified atom stereocenters. The molecule has 4 rings (SSSR count). The first kappa shape index (κ1) is 12.8. The van der Waals surface area contributed by atoms with Crippen LogP contribution in [0.4, 0.5) is 0 Å². The van der Waals surface area contributed by atoms with E-state index in [-0.39, 0.29) is 6.04 Å². The third-order valence-corrected chi connectivity index (χ3v) is 5.97. The maximum Gasteiger partial charge on any atom is 0.0459 e. The number of rotatable bonds is 1. The largest absolute Gasteiger partial charge is 0.323 e. The van der Waals surface area contributed by atoms with E-state index in [1.165, 1.54) is 62.6 Å². The molecular weight excluding hydrogens is 244 g/mol. The second kappa shape index (κ2) is 5.16. The zero-order chi connectivity index (χ0) is 13.5. The molecule has 108 valence electrons. The van der Waals surface area contributed by atoms with Gasteiger partial charge in [-0.15, -0.1) is 0 Å². The molecule has 2 nitrogen and oxygen atoms in total. The Bertz CT molecular complexity index is 482. The van der Waals surface area contributed by atoms with E-state index in [2.05, 4.69) is 29.2 Å². The van der Waals surface area contributed by atoms with E-state index in [1.54, 1.807) is 0 Å². The average Bonchev–Trinajstić information content (AvgIpc) is 2.84. The van der Waals surface area contributed by atoms with Crippen LogP contribution in [0.2, 0.25) is 0 Å². The molecule has 1 heterocycles. The normalized spacial score (nSPS) is 37.5. The van der Waals surface area contributed by atoms with Crippen LogP contribution in [0.15, 0.2) is 24.3 Å². The monoisotopic (exact) mass is 270 g/mol. The topological polar surface area (TPSA) is 29.3 Å². The van der Waals surface area contributed by atoms with Crippen molar-refractivity contribution in [2.24, 2.45) is 11.7 Å². The van der Waals surface area contributed by atoms with Gasteiger partial charge in [-0.1, -0.05) is 37.1 Å². The van der Waals surface area contributed by atoms with E-state index in [4.69, 9.17) is 5.73 Å². The highest BCUT2D eigenvalue weighted by Gasteiger charge is 2.41. The standard InChI is InChI=1S/C18H26N2/c19-18-15-9-3-1-7-14(15)12-17(18)20-11-5-8-13-6-2-4-10-16(13)20/h1,3,7,9,13,16-18H,2,4-6,8,10-12,19H2/t13-,16-,17?,18?/m1/s1. The van der Waals surface area contributed by atoms with Crippen LogP contribution in [0.1, 0.15) is 55.7 Å².